The minimum Gasteiger partial charge on any atom is -0.489 e. The van der Waals surface area contributed by atoms with Crippen LogP contribution in [0.2, 0.25) is 0 Å². The Kier molecular flexibility index (Phi) is 6.11. The topological polar surface area (TPSA) is 81.7 Å². The van der Waals surface area contributed by atoms with E-state index in [0.29, 0.717) is 6.61 Å². The molecule has 1 aliphatic rings. The predicted molar refractivity (Wildman–Crippen MR) is 70.1 cm³/mol. The highest BCUT2D eigenvalue weighted by Gasteiger charge is 2.74. The van der Waals surface area contributed by atoms with Crippen LogP contribution in [0, 0.1) is 0 Å². The van der Waals surface area contributed by atoms with Gasteiger partial charge in [-0.1, -0.05) is 0 Å². The Bertz CT molecular complexity index is 395. The number of ether oxygens (including phenoxy) is 7. The van der Waals surface area contributed by atoms with Gasteiger partial charge in [0.25, 0.3) is 11.6 Å². The summed E-state index contributed by atoms with van der Waals surface area (Å²) in [5.74, 6) is -3.41. The Labute approximate surface area is 123 Å². The lowest BCUT2D eigenvalue weighted by atomic mass is 9.87. The summed E-state index contributed by atoms with van der Waals surface area (Å²) in [4.78, 5) is 11.7. The van der Waals surface area contributed by atoms with E-state index in [1.807, 2.05) is 0 Å². The highest BCUT2D eigenvalue weighted by atomic mass is 16.8. The smallest absolute Gasteiger partial charge is 0.337 e. The van der Waals surface area contributed by atoms with Crippen LogP contribution in [0.4, 0.5) is 0 Å². The van der Waals surface area contributed by atoms with Gasteiger partial charge in [0.05, 0.1) is 6.61 Å². The molecule has 0 radical (unpaired) electrons. The van der Waals surface area contributed by atoms with Gasteiger partial charge in [0.1, 0.15) is 6.61 Å². The van der Waals surface area contributed by atoms with Gasteiger partial charge in [-0.2, -0.15) is 0 Å². The summed E-state index contributed by atoms with van der Waals surface area (Å²) in [5.41, 5.74) is 0. The van der Waals surface area contributed by atoms with E-state index >= 15 is 0 Å². The van der Waals surface area contributed by atoms with Crippen LogP contribution in [0.1, 0.15) is 6.92 Å². The Morgan fingerprint density at radius 1 is 0.905 bits per heavy atom. The maximum absolute atomic E-state index is 11.7. The summed E-state index contributed by atoms with van der Waals surface area (Å²) in [6, 6.07) is 0. The third kappa shape index (κ3) is 2.53. The monoisotopic (exact) mass is 306 g/mol. The molecule has 0 unspecified atom stereocenters. The molecule has 0 saturated heterocycles. The molecule has 0 saturated carbocycles. The predicted octanol–water partition coefficient (Wildman–Crippen LogP) is 0.416. The van der Waals surface area contributed by atoms with Gasteiger partial charge in [-0.05, 0) is 6.92 Å². The molecule has 0 atom stereocenters. The fourth-order valence-electron chi connectivity index (χ4n) is 2.29. The van der Waals surface area contributed by atoms with Crippen molar-refractivity contribution in [1.29, 1.82) is 0 Å². The Morgan fingerprint density at radius 3 is 1.76 bits per heavy atom. The van der Waals surface area contributed by atoms with Crippen LogP contribution in [0.15, 0.2) is 11.5 Å². The van der Waals surface area contributed by atoms with Crippen molar-refractivity contribution in [2.24, 2.45) is 0 Å². The average Bonchev–Trinajstić information content (AvgIpc) is 2.49. The van der Waals surface area contributed by atoms with Crippen molar-refractivity contribution in [3.63, 3.8) is 0 Å². The number of esters is 1. The maximum atomic E-state index is 11.7. The van der Waals surface area contributed by atoms with Crippen molar-refractivity contribution in [3.8, 4) is 0 Å². The van der Waals surface area contributed by atoms with Gasteiger partial charge >= 0.3 is 5.97 Å². The number of rotatable bonds is 9. The molecule has 8 heteroatoms. The number of carbonyl (C=O) groups is 1. The largest absolute Gasteiger partial charge is 0.489 e. The molecule has 21 heavy (non-hydrogen) atoms. The Balaban J connectivity index is 3.27. The first-order chi connectivity index (χ1) is 10.0. The van der Waals surface area contributed by atoms with Gasteiger partial charge < -0.3 is 33.2 Å². The number of hydrogen-bond donors (Lipinski definition) is 0. The quantitative estimate of drug-likeness (QED) is 0.448. The van der Waals surface area contributed by atoms with Crippen LogP contribution >= 0.6 is 0 Å². The van der Waals surface area contributed by atoms with Gasteiger partial charge in [0, 0.05) is 35.5 Å². The van der Waals surface area contributed by atoms with Crippen molar-refractivity contribution >= 4 is 5.97 Å². The molecule has 0 bridgehead atoms. The Morgan fingerprint density at radius 2 is 1.38 bits per heavy atom. The van der Waals surface area contributed by atoms with Gasteiger partial charge in [-0.15, -0.1) is 0 Å². The summed E-state index contributed by atoms with van der Waals surface area (Å²) in [7, 11) is 6.95. The van der Waals surface area contributed by atoms with E-state index in [2.05, 4.69) is 0 Å². The van der Waals surface area contributed by atoms with Crippen molar-refractivity contribution in [3.05, 3.63) is 11.5 Å². The van der Waals surface area contributed by atoms with Gasteiger partial charge in [-0.25, -0.2) is 4.79 Å². The molecule has 0 aromatic rings. The fraction of sp³-hybridized carbons (Fsp3) is 0.769. The summed E-state index contributed by atoms with van der Waals surface area (Å²) >= 11 is 0. The van der Waals surface area contributed by atoms with Crippen molar-refractivity contribution in [1.82, 2.24) is 0 Å². The van der Waals surface area contributed by atoms with Gasteiger partial charge in [-0.3, -0.25) is 0 Å². The lowest BCUT2D eigenvalue weighted by molar-refractivity contribution is -0.401. The van der Waals surface area contributed by atoms with E-state index in [-0.39, 0.29) is 18.1 Å². The van der Waals surface area contributed by atoms with Crippen LogP contribution in [-0.2, 0) is 38.0 Å². The number of hydrogen-bond acceptors (Lipinski definition) is 8. The minimum absolute atomic E-state index is 0.0418. The molecule has 0 aromatic heterocycles. The SMILES string of the molecule is CCOC1=C(OC(=O)COC)C(OC)(OC)C1(OC)OC. The molecule has 0 spiro atoms. The lowest BCUT2D eigenvalue weighted by Gasteiger charge is -2.53. The first kappa shape index (κ1) is 17.9. The highest BCUT2D eigenvalue weighted by Crippen LogP contribution is 2.53. The number of carbonyl (C=O) groups excluding carboxylic acids is 1. The summed E-state index contributed by atoms with van der Waals surface area (Å²) in [6.07, 6.45) is 0. The standard InChI is InChI=1S/C13H22O8/c1-7-20-10-11(21-9(14)8-15-2)13(18-5,19-6)12(10,16-3)17-4/h7-8H2,1-6H3. The zero-order valence-electron chi connectivity index (χ0n) is 13.2. The molecular formula is C13H22O8. The molecule has 1 rings (SSSR count). The molecule has 0 amide bonds. The first-order valence-corrected chi connectivity index (χ1v) is 6.31. The molecule has 0 fully saturated rings. The van der Waals surface area contributed by atoms with Crippen molar-refractivity contribution < 1.29 is 38.0 Å². The van der Waals surface area contributed by atoms with Crippen molar-refractivity contribution in [2.75, 3.05) is 48.8 Å². The van der Waals surface area contributed by atoms with Crippen LogP contribution in [0.3, 0.4) is 0 Å². The first-order valence-electron chi connectivity index (χ1n) is 6.31. The highest BCUT2D eigenvalue weighted by molar-refractivity contribution is 5.73. The summed E-state index contributed by atoms with van der Waals surface area (Å²) in [6.45, 7) is 1.87. The van der Waals surface area contributed by atoms with Crippen molar-refractivity contribution in [2.45, 2.75) is 18.5 Å². The second-order valence-electron chi connectivity index (χ2n) is 4.05. The lowest BCUT2D eigenvalue weighted by Crippen LogP contribution is -2.70. The zero-order chi connectivity index (χ0) is 16.1. The number of methoxy groups -OCH3 is 5. The van der Waals surface area contributed by atoms with Crippen LogP contribution in [0.5, 0.6) is 0 Å². The summed E-state index contributed by atoms with van der Waals surface area (Å²) in [5, 5.41) is 0. The molecule has 0 heterocycles. The van der Waals surface area contributed by atoms with E-state index in [0.717, 1.165) is 0 Å². The van der Waals surface area contributed by atoms with Gasteiger partial charge in [0.2, 0.25) is 11.5 Å². The molecule has 8 nitrogen and oxygen atoms in total. The second-order valence-corrected chi connectivity index (χ2v) is 4.05. The van der Waals surface area contributed by atoms with E-state index in [1.165, 1.54) is 35.5 Å². The molecular weight excluding hydrogens is 284 g/mol. The molecule has 0 aromatic carbocycles. The summed E-state index contributed by atoms with van der Waals surface area (Å²) < 4.78 is 36.9. The minimum atomic E-state index is -1.55. The fourth-order valence-corrected chi connectivity index (χ4v) is 2.29. The van der Waals surface area contributed by atoms with Gasteiger partial charge in [0.15, 0.2) is 0 Å². The third-order valence-corrected chi connectivity index (χ3v) is 3.15. The van der Waals surface area contributed by atoms with Crippen LogP contribution < -0.4 is 0 Å². The third-order valence-electron chi connectivity index (χ3n) is 3.15. The second kappa shape index (κ2) is 7.19. The van der Waals surface area contributed by atoms with E-state index < -0.39 is 17.5 Å². The van der Waals surface area contributed by atoms with Crippen LogP contribution in [-0.4, -0.2) is 66.3 Å². The Hall–Kier alpha value is -1.19. The molecule has 0 N–H and O–H groups in total. The maximum Gasteiger partial charge on any atom is 0.337 e. The zero-order valence-corrected chi connectivity index (χ0v) is 13.2. The molecule has 1 aliphatic carbocycles. The average molecular weight is 306 g/mol. The van der Waals surface area contributed by atoms with E-state index in [9.17, 15) is 4.79 Å². The van der Waals surface area contributed by atoms with Crippen LogP contribution in [0.25, 0.3) is 0 Å². The molecule has 122 valence electrons. The normalized spacial score (nSPS) is 19.1. The molecule has 0 aliphatic heterocycles. The van der Waals surface area contributed by atoms with E-state index in [1.54, 1.807) is 6.92 Å². The van der Waals surface area contributed by atoms with E-state index in [4.69, 9.17) is 33.2 Å².